The lowest BCUT2D eigenvalue weighted by molar-refractivity contribution is 0.100. The van der Waals surface area contributed by atoms with Crippen LogP contribution in [0, 0.1) is 19.1 Å². The van der Waals surface area contributed by atoms with Gasteiger partial charge in [0.25, 0.3) is 0 Å². The van der Waals surface area contributed by atoms with Crippen LogP contribution in [-0.4, -0.2) is 21.5 Å². The summed E-state index contributed by atoms with van der Waals surface area (Å²) in [6.07, 6.45) is 0. The van der Waals surface area contributed by atoms with E-state index in [9.17, 15) is 14.8 Å². The van der Waals surface area contributed by atoms with Crippen molar-refractivity contribution in [2.45, 2.75) is 27.7 Å². The van der Waals surface area contributed by atoms with Crippen molar-refractivity contribution in [2.75, 3.05) is 5.17 Å². The van der Waals surface area contributed by atoms with Crippen LogP contribution >= 0.6 is 0 Å². The van der Waals surface area contributed by atoms with E-state index in [1.54, 1.807) is 19.9 Å². The van der Waals surface area contributed by atoms with Crippen LogP contribution in [-0.2, 0) is 4.94 Å². The highest BCUT2D eigenvalue weighted by atomic mass is 17.3. The first-order chi connectivity index (χ1) is 17.2. The number of quaternary nitrogens is 1. The molecule has 1 saturated heterocycles. The summed E-state index contributed by atoms with van der Waals surface area (Å²) < 4.78 is 0. The number of rotatable bonds is 6. The molecular weight excluding hydrogens is 456 g/mol. The zero-order valence-corrected chi connectivity index (χ0v) is 20.4. The molecule has 4 aromatic rings. The fraction of sp³-hybridized carbons (Fsp3) is 0.143. The number of anilines is 1. The number of benzene rings is 2. The highest BCUT2D eigenvalue weighted by Gasteiger charge is 2.57. The number of pyridine rings is 2. The number of aryl methyl sites for hydroxylation is 2. The van der Waals surface area contributed by atoms with E-state index in [-0.39, 0.29) is 17.3 Å². The Kier molecular flexibility index (Phi) is 5.72. The largest absolute Gasteiger partial charge is 0.563 e. The third-order valence-electron chi connectivity index (χ3n) is 6.15. The fourth-order valence-corrected chi connectivity index (χ4v) is 4.30. The summed E-state index contributed by atoms with van der Waals surface area (Å²) in [5.74, 6) is -0.380. The molecule has 8 nitrogen and oxygen atoms in total. The maximum Gasteiger partial charge on any atom is 0.223 e. The van der Waals surface area contributed by atoms with E-state index in [2.05, 4.69) is 9.97 Å². The molecule has 5 rings (SSSR count). The van der Waals surface area contributed by atoms with Gasteiger partial charge in [-0.1, -0.05) is 60.7 Å². The van der Waals surface area contributed by atoms with Crippen LogP contribution < -0.4 is 10.1 Å². The van der Waals surface area contributed by atoms with E-state index in [1.165, 1.54) is 19.9 Å². The summed E-state index contributed by atoms with van der Waals surface area (Å²) in [5.41, 5.74) is 4.68. The summed E-state index contributed by atoms with van der Waals surface area (Å²) in [7, 11) is 0. The van der Waals surface area contributed by atoms with Gasteiger partial charge in [-0.15, -0.1) is 0 Å². The van der Waals surface area contributed by atoms with Crippen LogP contribution in [0.25, 0.3) is 22.5 Å². The van der Waals surface area contributed by atoms with Crippen molar-refractivity contribution in [3.63, 3.8) is 0 Å². The average molecular weight is 481 g/mol. The van der Waals surface area contributed by atoms with E-state index in [0.717, 1.165) is 10.7 Å². The number of Topliss-reactive ketones (excluding diaryl/α,β-unsaturated/α-hetero) is 2. The predicted molar refractivity (Wildman–Crippen MR) is 138 cm³/mol. The number of carbonyl (C=O) groups excluding carboxylic acids is 2. The molecule has 3 heterocycles. The Hall–Kier alpha value is -4.24. The molecular formula is C28H24N4O4. The van der Waals surface area contributed by atoms with Gasteiger partial charge in [-0.3, -0.25) is 9.59 Å². The molecule has 180 valence electrons. The topological polar surface area (TPSA) is 98.5 Å². The van der Waals surface area contributed by atoms with Crippen molar-refractivity contribution in [1.82, 2.24) is 14.9 Å². The smallest absolute Gasteiger partial charge is 0.223 e. The first kappa shape index (κ1) is 23.5. The predicted octanol–water partition coefficient (Wildman–Crippen LogP) is 5.92. The average Bonchev–Trinajstić information content (AvgIpc) is 3.56. The van der Waals surface area contributed by atoms with Crippen molar-refractivity contribution < 1.29 is 14.5 Å². The minimum Gasteiger partial charge on any atom is -0.563 e. The van der Waals surface area contributed by atoms with Gasteiger partial charge in [0.2, 0.25) is 5.69 Å². The fourth-order valence-electron chi connectivity index (χ4n) is 4.30. The third-order valence-corrected chi connectivity index (χ3v) is 6.15. The zero-order valence-electron chi connectivity index (χ0n) is 20.4. The van der Waals surface area contributed by atoms with Crippen LogP contribution in [0.1, 0.15) is 46.0 Å². The lowest BCUT2D eigenvalue weighted by atomic mass is 10.0. The second-order valence-corrected chi connectivity index (χ2v) is 8.70. The number of hydrogen-bond donors (Lipinski definition) is 0. The summed E-state index contributed by atoms with van der Waals surface area (Å²) in [6.45, 7) is 6.38. The van der Waals surface area contributed by atoms with E-state index < -0.39 is 4.92 Å². The Morgan fingerprint density at radius 2 is 1.25 bits per heavy atom. The molecule has 8 heteroatoms. The number of ketones is 2. The molecule has 1 fully saturated rings. The summed E-state index contributed by atoms with van der Waals surface area (Å²) in [6, 6.07) is 21.8. The Morgan fingerprint density at radius 1 is 0.778 bits per heavy atom. The Bertz CT molecular complexity index is 1510. The monoisotopic (exact) mass is 480 g/mol. The minimum atomic E-state index is -1.33. The molecule has 0 radical (unpaired) electrons. The second kappa shape index (κ2) is 8.76. The van der Waals surface area contributed by atoms with Crippen molar-refractivity contribution in [3.05, 3.63) is 101 Å². The SMILES string of the molecule is CC(=O)c1cc(N2O[N+]2([O-])c2cc(C(C)=O)c(C)nc2-c2ccccc2)c(-c2ccccc2)nc1C. The van der Waals surface area contributed by atoms with Gasteiger partial charge in [0, 0.05) is 49.8 Å². The number of hydrogen-bond acceptors (Lipinski definition) is 7. The van der Waals surface area contributed by atoms with Gasteiger partial charge < -0.3 is 5.21 Å². The van der Waals surface area contributed by atoms with Gasteiger partial charge in [0.1, 0.15) is 11.4 Å². The summed E-state index contributed by atoms with van der Waals surface area (Å²) in [5, 5.41) is 15.3. The van der Waals surface area contributed by atoms with Crippen molar-refractivity contribution in [1.29, 1.82) is 0 Å². The zero-order chi connectivity index (χ0) is 25.6. The molecule has 0 bridgehead atoms. The Morgan fingerprint density at radius 3 is 1.78 bits per heavy atom. The van der Waals surface area contributed by atoms with E-state index in [1.807, 2.05) is 60.7 Å². The molecule has 36 heavy (non-hydrogen) atoms. The molecule has 2 aromatic carbocycles. The van der Waals surface area contributed by atoms with E-state index in [0.29, 0.717) is 45.2 Å². The van der Waals surface area contributed by atoms with Gasteiger partial charge in [-0.2, -0.15) is 0 Å². The maximum atomic E-state index is 14.2. The lowest BCUT2D eigenvalue weighted by Gasteiger charge is -2.18. The third kappa shape index (κ3) is 3.97. The van der Waals surface area contributed by atoms with Gasteiger partial charge in [-0.05, 0) is 38.7 Å². The Labute approximate surface area is 208 Å². The van der Waals surface area contributed by atoms with Crippen molar-refractivity contribution >= 4 is 22.9 Å². The molecule has 1 aliphatic rings. The second-order valence-electron chi connectivity index (χ2n) is 8.70. The Balaban J connectivity index is 1.70. The molecule has 0 aliphatic carbocycles. The van der Waals surface area contributed by atoms with Gasteiger partial charge >= 0.3 is 0 Å². The molecule has 1 aliphatic heterocycles. The summed E-state index contributed by atoms with van der Waals surface area (Å²) >= 11 is 0. The van der Waals surface area contributed by atoms with Gasteiger partial charge in [0.05, 0.1) is 0 Å². The highest BCUT2D eigenvalue weighted by molar-refractivity contribution is 5.98. The number of carbonyl (C=O) groups is 2. The molecule has 0 spiro atoms. The van der Waals surface area contributed by atoms with Crippen molar-refractivity contribution in [2.24, 2.45) is 0 Å². The first-order valence-electron chi connectivity index (χ1n) is 11.5. The first-order valence-corrected chi connectivity index (χ1v) is 11.5. The standard InChI is InChI=1S/C28H24N4O4/c1-17-23(19(3)33)15-25(27(29-17)21-11-7-5-8-12-21)31-32(35,36-31)26-16-24(20(4)34)18(2)30-28(26)22-13-9-6-10-14-22/h5-16H,1-4H3. The van der Waals surface area contributed by atoms with Gasteiger partial charge in [0.15, 0.2) is 17.3 Å². The van der Waals surface area contributed by atoms with Crippen molar-refractivity contribution in [3.8, 4) is 22.5 Å². The molecule has 0 amide bonds. The lowest BCUT2D eigenvalue weighted by Crippen LogP contribution is -2.26. The minimum absolute atomic E-state index is 0.154. The van der Waals surface area contributed by atoms with Crippen LogP contribution in [0.3, 0.4) is 0 Å². The number of aromatic nitrogens is 2. The molecule has 0 N–H and O–H groups in total. The maximum absolute atomic E-state index is 14.2. The normalized spacial score (nSPS) is 16.6. The summed E-state index contributed by atoms with van der Waals surface area (Å²) in [4.78, 5) is 38.2. The van der Waals surface area contributed by atoms with Crippen LogP contribution in [0.2, 0.25) is 0 Å². The van der Waals surface area contributed by atoms with E-state index >= 15 is 0 Å². The highest BCUT2D eigenvalue weighted by Crippen LogP contribution is 2.49. The molecule has 1 unspecified atom stereocenters. The quantitative estimate of drug-likeness (QED) is 0.146. The molecule has 0 saturated carbocycles. The van der Waals surface area contributed by atoms with Crippen LogP contribution in [0.15, 0.2) is 72.8 Å². The molecule has 1 atom stereocenters. The van der Waals surface area contributed by atoms with Gasteiger partial charge in [-0.25, -0.2) is 9.97 Å². The molecule has 2 aromatic heterocycles. The van der Waals surface area contributed by atoms with Crippen LogP contribution in [0.4, 0.5) is 11.4 Å². The van der Waals surface area contributed by atoms with E-state index in [4.69, 9.17) is 4.94 Å². The number of nitrogens with zero attached hydrogens (tertiary/aromatic N) is 4. The van der Waals surface area contributed by atoms with Crippen LogP contribution in [0.5, 0.6) is 0 Å².